The molecule has 1 N–H and O–H groups in total. The molecular formula is C17H22N2O2. The van der Waals surface area contributed by atoms with Crippen molar-refractivity contribution >= 4 is 0 Å². The van der Waals surface area contributed by atoms with E-state index in [0.717, 1.165) is 17.1 Å². The Morgan fingerprint density at radius 2 is 1.76 bits per heavy atom. The van der Waals surface area contributed by atoms with Gasteiger partial charge in [-0.2, -0.15) is 0 Å². The molecule has 112 valence electrons. The number of rotatable bonds is 6. The molecule has 2 rings (SSSR count). The standard InChI is InChI=1S/C17H22N2O2/c1-12(13-7-9-19-10-8-13)17(18-2)15-11-14(20-3)5-6-16(15)21-4/h5-12,17-18H,1-4H3. The fraction of sp³-hybridized carbons (Fsp3) is 0.353. The van der Waals surface area contributed by atoms with Crippen molar-refractivity contribution in [2.75, 3.05) is 21.3 Å². The van der Waals surface area contributed by atoms with E-state index >= 15 is 0 Å². The summed E-state index contributed by atoms with van der Waals surface area (Å²) in [6.45, 7) is 2.19. The minimum absolute atomic E-state index is 0.123. The third kappa shape index (κ3) is 3.34. The highest BCUT2D eigenvalue weighted by Gasteiger charge is 2.23. The molecule has 0 spiro atoms. The number of hydrogen-bond donors (Lipinski definition) is 1. The normalized spacial score (nSPS) is 13.5. The van der Waals surface area contributed by atoms with Crippen LogP contribution < -0.4 is 14.8 Å². The van der Waals surface area contributed by atoms with Crippen molar-refractivity contribution in [3.63, 3.8) is 0 Å². The number of pyridine rings is 1. The number of nitrogens with one attached hydrogen (secondary N) is 1. The maximum Gasteiger partial charge on any atom is 0.123 e. The van der Waals surface area contributed by atoms with Crippen molar-refractivity contribution in [2.24, 2.45) is 0 Å². The molecule has 2 aromatic rings. The molecule has 2 unspecified atom stereocenters. The van der Waals surface area contributed by atoms with Gasteiger partial charge >= 0.3 is 0 Å². The van der Waals surface area contributed by atoms with Crippen LogP contribution in [0.15, 0.2) is 42.7 Å². The molecule has 0 saturated heterocycles. The van der Waals surface area contributed by atoms with Gasteiger partial charge in [0.15, 0.2) is 0 Å². The first-order chi connectivity index (χ1) is 10.2. The van der Waals surface area contributed by atoms with E-state index < -0.39 is 0 Å². The van der Waals surface area contributed by atoms with Gasteiger partial charge in [-0.1, -0.05) is 6.92 Å². The molecule has 0 saturated carbocycles. The number of benzene rings is 1. The van der Waals surface area contributed by atoms with Crippen molar-refractivity contribution < 1.29 is 9.47 Å². The SMILES string of the molecule is CNC(c1cc(OC)ccc1OC)C(C)c1ccncc1. The third-order valence-corrected chi connectivity index (χ3v) is 3.81. The fourth-order valence-corrected chi connectivity index (χ4v) is 2.62. The van der Waals surface area contributed by atoms with Crippen molar-refractivity contribution in [3.8, 4) is 11.5 Å². The summed E-state index contributed by atoms with van der Waals surface area (Å²) in [7, 11) is 5.32. The summed E-state index contributed by atoms with van der Waals surface area (Å²) < 4.78 is 10.8. The molecule has 4 nitrogen and oxygen atoms in total. The molecule has 0 aliphatic carbocycles. The highest BCUT2D eigenvalue weighted by atomic mass is 16.5. The zero-order valence-corrected chi connectivity index (χ0v) is 13.0. The predicted octanol–water partition coefficient (Wildman–Crippen LogP) is 3.16. The summed E-state index contributed by atoms with van der Waals surface area (Å²) in [5, 5.41) is 3.39. The Balaban J connectivity index is 2.41. The first kappa shape index (κ1) is 15.3. The van der Waals surface area contributed by atoms with Crippen molar-refractivity contribution in [1.82, 2.24) is 10.3 Å². The quantitative estimate of drug-likeness (QED) is 0.886. The number of hydrogen-bond acceptors (Lipinski definition) is 4. The maximum atomic E-state index is 5.51. The average Bonchev–Trinajstić information content (AvgIpc) is 2.56. The summed E-state index contributed by atoms with van der Waals surface area (Å²) in [6, 6.07) is 10.1. The molecule has 0 radical (unpaired) electrons. The lowest BCUT2D eigenvalue weighted by molar-refractivity contribution is 0.385. The van der Waals surface area contributed by atoms with Crippen LogP contribution in [-0.4, -0.2) is 26.3 Å². The molecule has 0 aliphatic heterocycles. The number of nitrogens with zero attached hydrogens (tertiary/aromatic N) is 1. The van der Waals surface area contributed by atoms with E-state index in [4.69, 9.17) is 9.47 Å². The van der Waals surface area contributed by atoms with E-state index in [2.05, 4.69) is 17.2 Å². The fourth-order valence-electron chi connectivity index (χ4n) is 2.62. The summed E-state index contributed by atoms with van der Waals surface area (Å²) in [4.78, 5) is 4.08. The van der Waals surface area contributed by atoms with Crippen LogP contribution in [0.4, 0.5) is 0 Å². The topological polar surface area (TPSA) is 43.4 Å². The van der Waals surface area contributed by atoms with Gasteiger partial charge in [0.2, 0.25) is 0 Å². The Hall–Kier alpha value is -2.07. The smallest absolute Gasteiger partial charge is 0.123 e. The van der Waals surface area contributed by atoms with Crippen LogP contribution in [0, 0.1) is 0 Å². The van der Waals surface area contributed by atoms with E-state index in [0.29, 0.717) is 0 Å². The Morgan fingerprint density at radius 3 is 2.33 bits per heavy atom. The van der Waals surface area contributed by atoms with Crippen molar-refractivity contribution in [2.45, 2.75) is 18.9 Å². The van der Waals surface area contributed by atoms with E-state index in [-0.39, 0.29) is 12.0 Å². The Labute approximate surface area is 126 Å². The highest BCUT2D eigenvalue weighted by molar-refractivity contribution is 5.43. The predicted molar refractivity (Wildman–Crippen MR) is 84.0 cm³/mol. The molecule has 21 heavy (non-hydrogen) atoms. The molecule has 0 amide bonds. The van der Waals surface area contributed by atoms with Gasteiger partial charge in [0.05, 0.1) is 14.2 Å². The molecule has 0 fully saturated rings. The average molecular weight is 286 g/mol. The third-order valence-electron chi connectivity index (χ3n) is 3.81. The molecule has 0 aliphatic rings. The van der Waals surface area contributed by atoms with Gasteiger partial charge in [-0.3, -0.25) is 4.98 Å². The van der Waals surface area contributed by atoms with E-state index in [9.17, 15) is 0 Å². The van der Waals surface area contributed by atoms with E-state index in [1.54, 1.807) is 14.2 Å². The number of ether oxygens (including phenoxy) is 2. The first-order valence-corrected chi connectivity index (χ1v) is 7.00. The zero-order chi connectivity index (χ0) is 15.2. The van der Waals surface area contributed by atoms with Gasteiger partial charge < -0.3 is 14.8 Å². The monoisotopic (exact) mass is 286 g/mol. The van der Waals surface area contributed by atoms with Crippen LogP contribution in [0.2, 0.25) is 0 Å². The Kier molecular flexibility index (Phi) is 5.17. The summed E-state index contributed by atoms with van der Waals surface area (Å²) >= 11 is 0. The van der Waals surface area contributed by atoms with Gasteiger partial charge in [-0.05, 0) is 42.9 Å². The van der Waals surface area contributed by atoms with Crippen LogP contribution in [0.5, 0.6) is 11.5 Å². The first-order valence-electron chi connectivity index (χ1n) is 7.00. The summed E-state index contributed by atoms with van der Waals surface area (Å²) in [5.41, 5.74) is 2.32. The molecular weight excluding hydrogens is 264 g/mol. The summed E-state index contributed by atoms with van der Waals surface area (Å²) in [6.07, 6.45) is 3.64. The van der Waals surface area contributed by atoms with Crippen molar-refractivity contribution in [1.29, 1.82) is 0 Å². The van der Waals surface area contributed by atoms with E-state index in [1.807, 2.05) is 49.8 Å². The Morgan fingerprint density at radius 1 is 1.05 bits per heavy atom. The molecule has 2 atom stereocenters. The van der Waals surface area contributed by atoms with Crippen LogP contribution in [0.1, 0.15) is 30.0 Å². The summed E-state index contributed by atoms with van der Waals surface area (Å²) in [5.74, 6) is 1.96. The van der Waals surface area contributed by atoms with Crippen LogP contribution >= 0.6 is 0 Å². The molecule has 1 heterocycles. The van der Waals surface area contributed by atoms with E-state index in [1.165, 1.54) is 5.56 Å². The van der Waals surface area contributed by atoms with Gasteiger partial charge in [0.1, 0.15) is 11.5 Å². The Bertz CT molecular complexity index is 572. The zero-order valence-electron chi connectivity index (χ0n) is 13.0. The second-order valence-corrected chi connectivity index (χ2v) is 4.94. The second-order valence-electron chi connectivity index (χ2n) is 4.94. The highest BCUT2D eigenvalue weighted by Crippen LogP contribution is 2.37. The molecule has 1 aromatic heterocycles. The van der Waals surface area contributed by atoms with Gasteiger partial charge in [0, 0.05) is 29.9 Å². The second kappa shape index (κ2) is 7.09. The number of likely N-dealkylation sites (N-methyl/N-ethyl adjacent to an activating group) is 1. The largest absolute Gasteiger partial charge is 0.497 e. The minimum atomic E-state index is 0.123. The maximum absolute atomic E-state index is 5.51. The van der Waals surface area contributed by atoms with Gasteiger partial charge in [0.25, 0.3) is 0 Å². The van der Waals surface area contributed by atoms with Gasteiger partial charge in [-0.15, -0.1) is 0 Å². The molecule has 4 heteroatoms. The van der Waals surface area contributed by atoms with Crippen LogP contribution in [0.25, 0.3) is 0 Å². The van der Waals surface area contributed by atoms with Crippen LogP contribution in [-0.2, 0) is 0 Å². The van der Waals surface area contributed by atoms with Crippen molar-refractivity contribution in [3.05, 3.63) is 53.9 Å². The molecule has 0 bridgehead atoms. The lowest BCUT2D eigenvalue weighted by Gasteiger charge is -2.26. The minimum Gasteiger partial charge on any atom is -0.497 e. The number of aromatic nitrogens is 1. The molecule has 1 aromatic carbocycles. The lowest BCUT2D eigenvalue weighted by Crippen LogP contribution is -2.23. The van der Waals surface area contributed by atoms with Crippen LogP contribution in [0.3, 0.4) is 0 Å². The lowest BCUT2D eigenvalue weighted by atomic mass is 9.88. The number of methoxy groups -OCH3 is 2. The van der Waals surface area contributed by atoms with Gasteiger partial charge in [-0.25, -0.2) is 0 Å².